The van der Waals surface area contributed by atoms with Crippen LogP contribution in [0.15, 0.2) is 42.9 Å². The van der Waals surface area contributed by atoms with E-state index in [-0.39, 0.29) is 29.2 Å². The molecule has 6 nitrogen and oxygen atoms in total. The number of carbonyl (C=O) groups excluding carboxylic acids is 2. The van der Waals surface area contributed by atoms with Gasteiger partial charge in [-0.25, -0.2) is 4.98 Å². The molecule has 6 heteroatoms. The van der Waals surface area contributed by atoms with Crippen LogP contribution >= 0.6 is 0 Å². The molecule has 1 aliphatic carbocycles. The smallest absolute Gasteiger partial charge is 0.274 e. The molecule has 0 saturated carbocycles. The molecule has 1 aromatic heterocycles. The van der Waals surface area contributed by atoms with Crippen molar-refractivity contribution in [2.45, 2.75) is 56.9 Å². The van der Waals surface area contributed by atoms with E-state index in [9.17, 15) is 9.59 Å². The van der Waals surface area contributed by atoms with Crippen molar-refractivity contribution in [3.63, 3.8) is 0 Å². The minimum Gasteiger partial charge on any atom is -0.354 e. The first-order valence-electron chi connectivity index (χ1n) is 10.4. The second kappa shape index (κ2) is 7.93. The summed E-state index contributed by atoms with van der Waals surface area (Å²) in [6, 6.07) is 8.71. The zero-order valence-corrected chi connectivity index (χ0v) is 17.1. The third-order valence-electron chi connectivity index (χ3n) is 6.28. The Hall–Kier alpha value is -2.76. The van der Waals surface area contributed by atoms with Gasteiger partial charge in [-0.3, -0.25) is 14.6 Å². The predicted octanol–water partition coefficient (Wildman–Crippen LogP) is 3.05. The van der Waals surface area contributed by atoms with E-state index < -0.39 is 0 Å². The molecule has 2 aliphatic rings. The van der Waals surface area contributed by atoms with Gasteiger partial charge in [-0.05, 0) is 55.6 Å². The Morgan fingerprint density at radius 2 is 1.97 bits per heavy atom. The number of aromatic nitrogens is 2. The lowest BCUT2D eigenvalue weighted by Crippen LogP contribution is -2.44. The number of piperidine rings is 1. The molecule has 1 aliphatic heterocycles. The van der Waals surface area contributed by atoms with Gasteiger partial charge in [-0.15, -0.1) is 0 Å². The lowest BCUT2D eigenvalue weighted by molar-refractivity contribution is -0.122. The molecule has 1 aromatic carbocycles. The van der Waals surface area contributed by atoms with Crippen LogP contribution in [0.1, 0.15) is 67.1 Å². The van der Waals surface area contributed by atoms with E-state index in [1.165, 1.54) is 17.3 Å². The number of likely N-dealkylation sites (tertiary alicyclic amines) is 1. The van der Waals surface area contributed by atoms with Crippen LogP contribution in [-0.2, 0) is 10.2 Å². The average Bonchev–Trinajstić information content (AvgIpc) is 3.01. The molecule has 29 heavy (non-hydrogen) atoms. The molecule has 1 spiro atoms. The van der Waals surface area contributed by atoms with Gasteiger partial charge in [-0.1, -0.05) is 24.3 Å². The van der Waals surface area contributed by atoms with Gasteiger partial charge in [0.05, 0.1) is 6.20 Å². The zero-order valence-electron chi connectivity index (χ0n) is 17.1. The Balaban J connectivity index is 1.49. The van der Waals surface area contributed by atoms with Crippen LogP contribution < -0.4 is 5.32 Å². The molecule has 152 valence electrons. The summed E-state index contributed by atoms with van der Waals surface area (Å²) in [5.41, 5.74) is 3.13. The topological polar surface area (TPSA) is 75.2 Å². The van der Waals surface area contributed by atoms with Crippen LogP contribution in [0, 0.1) is 0 Å². The van der Waals surface area contributed by atoms with Crippen molar-refractivity contribution in [1.29, 1.82) is 0 Å². The van der Waals surface area contributed by atoms with Crippen molar-refractivity contribution in [2.24, 2.45) is 0 Å². The van der Waals surface area contributed by atoms with Crippen molar-refractivity contribution < 1.29 is 9.59 Å². The summed E-state index contributed by atoms with van der Waals surface area (Å²) in [6.45, 7) is 5.39. The molecule has 2 amide bonds. The lowest BCUT2D eigenvalue weighted by Gasteiger charge is -2.40. The molecular weight excluding hydrogens is 364 g/mol. The largest absolute Gasteiger partial charge is 0.354 e. The fraction of sp³-hybridized carbons (Fsp3) is 0.478. The molecule has 1 atom stereocenters. The van der Waals surface area contributed by atoms with Gasteiger partial charge in [0.2, 0.25) is 5.91 Å². The molecular formula is C23H28N4O2. The van der Waals surface area contributed by atoms with Crippen LogP contribution in [0.5, 0.6) is 0 Å². The maximum atomic E-state index is 12.7. The summed E-state index contributed by atoms with van der Waals surface area (Å²) in [6.07, 6.45) is 7.99. The van der Waals surface area contributed by atoms with E-state index in [4.69, 9.17) is 0 Å². The van der Waals surface area contributed by atoms with Gasteiger partial charge >= 0.3 is 0 Å². The number of carbonyl (C=O) groups is 2. The standard InChI is InChI=1S/C23H28N4O2/c1-16(2)26-21(28)13-17-14-23(19-6-4-3-5-18(17)19)7-11-27(12-8-23)22(29)20-15-24-9-10-25-20/h3-6,9-10,15-17H,7-8,11-14H2,1-2H3,(H,26,28)/t17-/m0/s1. The second-order valence-corrected chi connectivity index (χ2v) is 8.58. The van der Waals surface area contributed by atoms with Gasteiger partial charge in [0.25, 0.3) is 5.91 Å². The summed E-state index contributed by atoms with van der Waals surface area (Å²) >= 11 is 0. The molecule has 0 bridgehead atoms. The van der Waals surface area contributed by atoms with Crippen molar-refractivity contribution in [2.75, 3.05) is 13.1 Å². The zero-order chi connectivity index (χ0) is 20.4. The molecule has 0 unspecified atom stereocenters. The van der Waals surface area contributed by atoms with E-state index in [0.717, 1.165) is 19.3 Å². The maximum absolute atomic E-state index is 12.7. The Morgan fingerprint density at radius 1 is 1.21 bits per heavy atom. The minimum absolute atomic E-state index is 0.0490. The Morgan fingerprint density at radius 3 is 2.66 bits per heavy atom. The SMILES string of the molecule is CC(C)NC(=O)C[C@H]1CC2(CCN(C(=O)c3cnccn3)CC2)c2ccccc21. The number of nitrogens with one attached hydrogen (secondary N) is 1. The van der Waals surface area contributed by atoms with Gasteiger partial charge in [0.1, 0.15) is 5.69 Å². The van der Waals surface area contributed by atoms with E-state index in [2.05, 4.69) is 39.6 Å². The van der Waals surface area contributed by atoms with E-state index in [1.54, 1.807) is 12.4 Å². The number of nitrogens with zero attached hydrogens (tertiary/aromatic N) is 3. The van der Waals surface area contributed by atoms with Crippen LogP contribution in [-0.4, -0.2) is 45.8 Å². The highest BCUT2D eigenvalue weighted by molar-refractivity contribution is 5.92. The summed E-state index contributed by atoms with van der Waals surface area (Å²) in [5.74, 6) is 0.311. The van der Waals surface area contributed by atoms with E-state index in [0.29, 0.717) is 25.2 Å². The third kappa shape index (κ3) is 3.88. The summed E-state index contributed by atoms with van der Waals surface area (Å²) in [5, 5.41) is 3.03. The average molecular weight is 393 g/mol. The number of hydrogen-bond acceptors (Lipinski definition) is 4. The highest BCUT2D eigenvalue weighted by Crippen LogP contribution is 2.52. The normalized spacial score (nSPS) is 20.0. The number of fused-ring (bicyclic) bond motifs is 2. The first-order valence-corrected chi connectivity index (χ1v) is 10.4. The van der Waals surface area contributed by atoms with E-state index >= 15 is 0 Å². The lowest BCUT2D eigenvalue weighted by atomic mass is 9.73. The first-order chi connectivity index (χ1) is 14.0. The van der Waals surface area contributed by atoms with Crippen LogP contribution in [0.3, 0.4) is 0 Å². The fourth-order valence-electron chi connectivity index (χ4n) is 5.00. The molecule has 2 aromatic rings. The number of amides is 2. The van der Waals surface area contributed by atoms with Crippen molar-refractivity contribution in [1.82, 2.24) is 20.2 Å². The van der Waals surface area contributed by atoms with Crippen LogP contribution in [0.4, 0.5) is 0 Å². The van der Waals surface area contributed by atoms with Crippen molar-refractivity contribution in [3.05, 3.63) is 59.7 Å². The molecule has 0 radical (unpaired) electrons. The number of benzene rings is 1. The third-order valence-corrected chi connectivity index (χ3v) is 6.28. The summed E-state index contributed by atoms with van der Waals surface area (Å²) in [7, 11) is 0. The van der Waals surface area contributed by atoms with Gasteiger partial charge < -0.3 is 10.2 Å². The molecule has 1 saturated heterocycles. The quantitative estimate of drug-likeness (QED) is 0.868. The summed E-state index contributed by atoms with van der Waals surface area (Å²) in [4.78, 5) is 35.2. The van der Waals surface area contributed by atoms with Crippen LogP contribution in [0.2, 0.25) is 0 Å². The number of hydrogen-bond donors (Lipinski definition) is 1. The molecule has 1 N–H and O–H groups in total. The second-order valence-electron chi connectivity index (χ2n) is 8.58. The first kappa shape index (κ1) is 19.6. The maximum Gasteiger partial charge on any atom is 0.274 e. The monoisotopic (exact) mass is 392 g/mol. The number of rotatable bonds is 4. The van der Waals surface area contributed by atoms with Crippen molar-refractivity contribution in [3.8, 4) is 0 Å². The Labute approximate surface area is 171 Å². The van der Waals surface area contributed by atoms with Gasteiger partial charge in [-0.2, -0.15) is 0 Å². The molecule has 4 rings (SSSR count). The minimum atomic E-state index is -0.0490. The Kier molecular flexibility index (Phi) is 5.35. The van der Waals surface area contributed by atoms with Crippen LogP contribution in [0.25, 0.3) is 0 Å². The van der Waals surface area contributed by atoms with E-state index in [1.807, 2.05) is 18.7 Å². The highest BCUT2D eigenvalue weighted by atomic mass is 16.2. The molecule has 1 fully saturated rings. The Bertz CT molecular complexity index is 889. The van der Waals surface area contributed by atoms with Crippen molar-refractivity contribution >= 4 is 11.8 Å². The fourth-order valence-corrected chi connectivity index (χ4v) is 5.00. The van der Waals surface area contributed by atoms with Gasteiger partial charge in [0.15, 0.2) is 0 Å². The molecule has 2 heterocycles. The highest BCUT2D eigenvalue weighted by Gasteiger charge is 2.46. The predicted molar refractivity (Wildman–Crippen MR) is 111 cm³/mol. The summed E-state index contributed by atoms with van der Waals surface area (Å²) < 4.78 is 0. The van der Waals surface area contributed by atoms with Gasteiger partial charge in [0, 0.05) is 37.9 Å².